The molecule has 1 amide bonds. The minimum absolute atomic E-state index is 0.102. The van der Waals surface area contributed by atoms with Gasteiger partial charge in [-0.15, -0.1) is 0 Å². The number of nitrogens with one attached hydrogen (secondary N) is 1. The number of anilines is 1. The second-order valence-corrected chi connectivity index (χ2v) is 19.0. The largest absolute Gasteiger partial charge is 0.469 e. The second kappa shape index (κ2) is 16.1. The number of esters is 1. The van der Waals surface area contributed by atoms with E-state index in [0.717, 1.165) is 0 Å². The zero-order valence-corrected chi connectivity index (χ0v) is 31.3. The number of benzene rings is 3. The van der Waals surface area contributed by atoms with Crippen molar-refractivity contribution >= 4 is 37.7 Å². The van der Waals surface area contributed by atoms with Gasteiger partial charge in [-0.2, -0.15) is 0 Å². The van der Waals surface area contributed by atoms with Crippen molar-refractivity contribution in [2.75, 3.05) is 12.4 Å². The standard InChI is InChI=1S/C40H45F3N2O5Si/c1-25(2)45-34(22-21-32(46)23-33(24-35(47)49-6)50-51(7,8)40(3,4)5)36(26-9-13-28(41)14-10-26)37(27-11-15-29(42)16-12-27)38(45)39(48)44-31-19-17-30(43)18-20-31/h9-22,25,33H,23-24H2,1-8H3,(H,44,48)/b22-21+/t33-/m1/s1. The molecule has 4 aromatic rings. The van der Waals surface area contributed by atoms with Crippen LogP contribution in [0.3, 0.4) is 0 Å². The van der Waals surface area contributed by atoms with Crippen LogP contribution in [0, 0.1) is 17.5 Å². The van der Waals surface area contributed by atoms with E-state index in [-0.39, 0.29) is 35.4 Å². The molecule has 1 N–H and O–H groups in total. The van der Waals surface area contributed by atoms with Gasteiger partial charge in [-0.25, -0.2) is 13.2 Å². The molecule has 0 fully saturated rings. The summed E-state index contributed by atoms with van der Waals surface area (Å²) in [6, 6.07) is 16.4. The number of carbonyl (C=O) groups is 3. The Kier molecular flexibility index (Phi) is 12.3. The van der Waals surface area contributed by atoms with E-state index in [0.29, 0.717) is 33.6 Å². The molecule has 0 spiro atoms. The predicted molar refractivity (Wildman–Crippen MR) is 197 cm³/mol. The lowest BCUT2D eigenvalue weighted by atomic mass is 9.94. The van der Waals surface area contributed by atoms with Crippen LogP contribution in [-0.4, -0.2) is 43.8 Å². The zero-order chi connectivity index (χ0) is 37.7. The average molecular weight is 719 g/mol. The summed E-state index contributed by atoms with van der Waals surface area (Å²) in [6.07, 6.45) is 2.06. The maximum Gasteiger partial charge on any atom is 0.308 e. The Morgan fingerprint density at radius 3 is 1.76 bits per heavy atom. The predicted octanol–water partition coefficient (Wildman–Crippen LogP) is 10.00. The highest BCUT2D eigenvalue weighted by atomic mass is 28.4. The first kappa shape index (κ1) is 39.0. The van der Waals surface area contributed by atoms with Gasteiger partial charge < -0.3 is 19.0 Å². The van der Waals surface area contributed by atoms with E-state index in [9.17, 15) is 27.6 Å². The van der Waals surface area contributed by atoms with Gasteiger partial charge in [0.25, 0.3) is 5.91 Å². The quantitative estimate of drug-likeness (QED) is 0.0845. The van der Waals surface area contributed by atoms with Crippen molar-refractivity contribution in [3.8, 4) is 22.3 Å². The van der Waals surface area contributed by atoms with Gasteiger partial charge in [0.1, 0.15) is 23.1 Å². The molecule has 0 bridgehead atoms. The highest BCUT2D eigenvalue weighted by Crippen LogP contribution is 2.43. The van der Waals surface area contributed by atoms with E-state index in [1.165, 1.54) is 61.7 Å². The summed E-state index contributed by atoms with van der Waals surface area (Å²) in [5.41, 5.74) is 2.97. The molecule has 1 heterocycles. The smallest absolute Gasteiger partial charge is 0.308 e. The highest BCUT2D eigenvalue weighted by Gasteiger charge is 2.40. The van der Waals surface area contributed by atoms with Crippen LogP contribution in [0.1, 0.15) is 69.7 Å². The van der Waals surface area contributed by atoms with Gasteiger partial charge in [0.05, 0.1) is 25.3 Å². The van der Waals surface area contributed by atoms with Crippen LogP contribution in [0.5, 0.6) is 0 Å². The maximum atomic E-state index is 14.3. The average Bonchev–Trinajstić information content (AvgIpc) is 3.40. The van der Waals surface area contributed by atoms with E-state index < -0.39 is 43.7 Å². The van der Waals surface area contributed by atoms with Gasteiger partial charge in [0.2, 0.25) is 0 Å². The molecule has 0 radical (unpaired) electrons. The van der Waals surface area contributed by atoms with Crippen LogP contribution >= 0.6 is 0 Å². The third-order valence-electron chi connectivity index (χ3n) is 9.09. The summed E-state index contributed by atoms with van der Waals surface area (Å²) in [5.74, 6) is -2.77. The normalized spacial score (nSPS) is 12.7. The molecule has 3 aromatic carbocycles. The molecule has 0 unspecified atom stereocenters. The number of hydrogen-bond donors (Lipinski definition) is 1. The molecule has 0 aliphatic carbocycles. The third kappa shape index (κ3) is 9.53. The van der Waals surface area contributed by atoms with Gasteiger partial charge in [0, 0.05) is 29.3 Å². The lowest BCUT2D eigenvalue weighted by Gasteiger charge is -2.39. The molecule has 0 aliphatic rings. The van der Waals surface area contributed by atoms with E-state index in [1.54, 1.807) is 34.9 Å². The fourth-order valence-corrected chi connectivity index (χ4v) is 6.90. The first-order chi connectivity index (χ1) is 23.9. The molecule has 0 saturated carbocycles. The molecular weight excluding hydrogens is 674 g/mol. The van der Waals surface area contributed by atoms with E-state index in [2.05, 4.69) is 26.1 Å². The summed E-state index contributed by atoms with van der Waals surface area (Å²) in [5, 5.41) is 2.67. The van der Waals surface area contributed by atoms with E-state index in [4.69, 9.17) is 9.16 Å². The second-order valence-electron chi connectivity index (χ2n) is 14.2. The Bertz CT molecular complexity index is 1890. The van der Waals surface area contributed by atoms with E-state index in [1.807, 2.05) is 26.9 Å². The van der Waals surface area contributed by atoms with Crippen LogP contribution in [0.15, 0.2) is 78.9 Å². The van der Waals surface area contributed by atoms with Crippen molar-refractivity contribution in [1.82, 2.24) is 4.57 Å². The number of ketones is 1. The summed E-state index contributed by atoms with van der Waals surface area (Å²) in [4.78, 5) is 40.3. The number of rotatable bonds is 13. The Morgan fingerprint density at radius 1 is 0.804 bits per heavy atom. The van der Waals surface area contributed by atoms with Crippen molar-refractivity contribution < 1.29 is 36.7 Å². The van der Waals surface area contributed by atoms with Crippen LogP contribution in [-0.2, 0) is 18.8 Å². The van der Waals surface area contributed by atoms with Crippen LogP contribution < -0.4 is 5.32 Å². The Labute approximate surface area is 298 Å². The Hall–Kier alpha value is -4.74. The number of allylic oxidation sites excluding steroid dienone is 1. The molecule has 0 aliphatic heterocycles. The number of nitrogens with zero attached hydrogens (tertiary/aromatic N) is 1. The van der Waals surface area contributed by atoms with Crippen LogP contribution in [0.4, 0.5) is 18.9 Å². The van der Waals surface area contributed by atoms with Gasteiger partial charge >= 0.3 is 5.97 Å². The van der Waals surface area contributed by atoms with E-state index >= 15 is 0 Å². The minimum atomic E-state index is -2.39. The molecule has 270 valence electrons. The number of ether oxygens (including phenoxy) is 1. The fraction of sp³-hybridized carbons (Fsp3) is 0.325. The SMILES string of the molecule is COC(=O)C[C@@H](CC(=O)/C=C/c1c(-c2ccc(F)cc2)c(-c2ccc(F)cc2)c(C(=O)Nc2ccc(F)cc2)n1C(C)C)O[Si](C)(C)C(C)(C)C. The fourth-order valence-electron chi connectivity index (χ4n) is 5.54. The molecule has 11 heteroatoms. The van der Waals surface area contributed by atoms with Crippen molar-refractivity contribution in [2.24, 2.45) is 0 Å². The van der Waals surface area contributed by atoms with Crippen molar-refractivity contribution in [3.63, 3.8) is 0 Å². The monoisotopic (exact) mass is 718 g/mol. The maximum absolute atomic E-state index is 14.3. The lowest BCUT2D eigenvalue weighted by molar-refractivity contribution is -0.142. The first-order valence-electron chi connectivity index (χ1n) is 16.7. The summed E-state index contributed by atoms with van der Waals surface area (Å²) in [6.45, 7) is 14.0. The Balaban J connectivity index is 1.92. The number of carbonyl (C=O) groups excluding carboxylic acids is 3. The lowest BCUT2D eigenvalue weighted by Crippen LogP contribution is -2.44. The minimum Gasteiger partial charge on any atom is -0.469 e. The van der Waals surface area contributed by atoms with Gasteiger partial charge in [-0.1, -0.05) is 45.0 Å². The zero-order valence-electron chi connectivity index (χ0n) is 30.3. The topological polar surface area (TPSA) is 86.6 Å². The third-order valence-corrected chi connectivity index (χ3v) is 13.6. The Morgan fingerprint density at radius 2 is 1.29 bits per heavy atom. The summed E-state index contributed by atoms with van der Waals surface area (Å²) < 4.78 is 55.3. The molecule has 7 nitrogen and oxygen atoms in total. The number of hydrogen-bond acceptors (Lipinski definition) is 5. The molecule has 1 aromatic heterocycles. The van der Waals surface area contributed by atoms with Crippen molar-refractivity contribution in [3.05, 3.63) is 108 Å². The molecule has 51 heavy (non-hydrogen) atoms. The van der Waals surface area contributed by atoms with Crippen molar-refractivity contribution in [1.29, 1.82) is 0 Å². The number of amides is 1. The highest BCUT2D eigenvalue weighted by molar-refractivity contribution is 6.74. The van der Waals surface area contributed by atoms with Gasteiger partial charge in [0.15, 0.2) is 14.1 Å². The van der Waals surface area contributed by atoms with Gasteiger partial charge in [-0.3, -0.25) is 14.4 Å². The van der Waals surface area contributed by atoms with Gasteiger partial charge in [-0.05, 0) is 104 Å². The molecule has 1 atom stereocenters. The first-order valence-corrected chi connectivity index (χ1v) is 19.6. The summed E-state index contributed by atoms with van der Waals surface area (Å²) >= 11 is 0. The van der Waals surface area contributed by atoms with Crippen molar-refractivity contribution in [2.45, 2.75) is 77.7 Å². The number of halogens is 3. The number of methoxy groups -OCH3 is 1. The van der Waals surface area contributed by atoms with Crippen LogP contribution in [0.25, 0.3) is 28.3 Å². The number of aromatic nitrogens is 1. The molecule has 4 rings (SSSR count). The van der Waals surface area contributed by atoms with Crippen LogP contribution in [0.2, 0.25) is 18.1 Å². The molecule has 0 saturated heterocycles. The molecular formula is C40H45F3N2O5Si. The summed E-state index contributed by atoms with van der Waals surface area (Å²) in [7, 11) is -1.10.